The van der Waals surface area contributed by atoms with Crippen molar-refractivity contribution in [2.75, 3.05) is 59.3 Å². The first-order valence-electron chi connectivity index (χ1n) is 30.2. The fourth-order valence-electron chi connectivity index (χ4n) is 10.9. The van der Waals surface area contributed by atoms with Gasteiger partial charge in [-0.15, -0.1) is 9.59 Å². The van der Waals surface area contributed by atoms with E-state index in [-0.39, 0.29) is 84.6 Å². The number of aromatic nitrogens is 17. The van der Waals surface area contributed by atoms with Crippen molar-refractivity contribution in [3.8, 4) is 11.6 Å². The second-order valence-corrected chi connectivity index (χ2v) is 26.2. The highest BCUT2D eigenvalue weighted by molar-refractivity contribution is 6.32. The zero-order chi connectivity index (χ0) is 68.9. The normalized spacial score (nSPS) is 16.8. The lowest BCUT2D eigenvalue weighted by Crippen LogP contribution is -2.46. The Morgan fingerprint density at radius 1 is 0.526 bits per heavy atom. The Hall–Kier alpha value is -8.92. The molecule has 0 aromatic carbocycles. The number of rotatable bonds is 14. The maximum Gasteiger partial charge on any atom is 0.411 e. The van der Waals surface area contributed by atoms with E-state index in [2.05, 4.69) is 65.9 Å². The monoisotopic (exact) mass is 1430 g/mol. The van der Waals surface area contributed by atoms with Gasteiger partial charge in [0, 0.05) is 106 Å². The van der Waals surface area contributed by atoms with Crippen LogP contribution in [0.25, 0.3) is 28.6 Å². The molecule has 36 heteroatoms. The van der Waals surface area contributed by atoms with E-state index in [9.17, 15) is 29.1 Å². The van der Waals surface area contributed by atoms with Crippen LogP contribution >= 0.6 is 58.0 Å². The van der Waals surface area contributed by atoms with Gasteiger partial charge in [-0.3, -0.25) is 19.4 Å². The van der Waals surface area contributed by atoms with Crippen LogP contribution in [0.5, 0.6) is 0 Å². The number of aromatic carboxylic acids is 1. The molecule has 0 radical (unpaired) electrons. The Labute approximate surface area is 577 Å². The molecule has 3 atom stereocenters. The molecule has 3 saturated heterocycles. The molecule has 3 fully saturated rings. The average molecular weight is 1430 g/mol. The van der Waals surface area contributed by atoms with Gasteiger partial charge in [-0.25, -0.2) is 52.8 Å². The number of halogens is 5. The first kappa shape index (κ1) is 69.4. The summed E-state index contributed by atoms with van der Waals surface area (Å²) in [5.41, 5.74) is 4.40. The molecule has 2 amide bonds. The van der Waals surface area contributed by atoms with Crippen molar-refractivity contribution in [1.29, 1.82) is 0 Å². The number of carbonyl (C=O) groups excluding carboxylic acids is 4. The lowest BCUT2D eigenvalue weighted by atomic mass is 9.99. The lowest BCUT2D eigenvalue weighted by Gasteiger charge is -2.37. The molecule has 0 spiro atoms. The highest BCUT2D eigenvalue weighted by Gasteiger charge is 2.38. The molecular weight excluding hydrogens is 1370 g/mol. The quantitative estimate of drug-likeness (QED) is 0.104. The van der Waals surface area contributed by atoms with Gasteiger partial charge in [0.15, 0.2) is 44.0 Å². The van der Waals surface area contributed by atoms with E-state index in [4.69, 9.17) is 81.7 Å². The predicted octanol–water partition coefficient (Wildman–Crippen LogP) is 8.09. The first-order chi connectivity index (χ1) is 46.3. The number of hydrogen-bond acceptors (Lipinski definition) is 23. The fraction of sp³-hybridized carbons (Fsp3) is 0.393. The number of pyridine rings is 2. The van der Waals surface area contributed by atoms with Crippen LogP contribution < -0.4 is 5.32 Å². The number of Topliss-reactive ketones (excluding diaryl/α,β-unsaturated/α-hetero) is 2. The third-order valence-electron chi connectivity index (χ3n) is 14.8. The topological polar surface area (TPSA) is 348 Å². The summed E-state index contributed by atoms with van der Waals surface area (Å²) in [7, 11) is 0. The SMILES string of the molecule is CC(C)(C)OC(=O)N1CCOCC1c1c(C(=O)O)cnc2cc(Cl)nn12.CC(C)(C)OC(=O)N1CCOCC1c1c(CC(=O)Cc2cnc(-n3nccn3)c(Cl)c2)cnc2cc(Cl)nn12.O=C(Cc1cnc(-n2nccn2)c(Cl)c1)Cc1cnc2cc(Cl)nn2c1C1COCCN1. The second kappa shape index (κ2) is 29.8. The highest BCUT2D eigenvalue weighted by Crippen LogP contribution is 2.33. The summed E-state index contributed by atoms with van der Waals surface area (Å²) in [5, 5.41) is 43.4. The van der Waals surface area contributed by atoms with Gasteiger partial charge in [0.05, 0.1) is 97.6 Å². The molecule has 10 aromatic heterocycles. The van der Waals surface area contributed by atoms with Gasteiger partial charge in [-0.2, -0.15) is 35.7 Å². The zero-order valence-corrected chi connectivity index (χ0v) is 56.7. The third kappa shape index (κ3) is 16.7. The van der Waals surface area contributed by atoms with Crippen LogP contribution in [0.1, 0.15) is 109 Å². The smallest absolute Gasteiger partial charge is 0.411 e. The average Bonchev–Trinajstić information content (AvgIpc) is 1.77. The van der Waals surface area contributed by atoms with Crippen molar-refractivity contribution in [3.05, 3.63) is 157 Å². The second-order valence-electron chi connectivity index (χ2n) is 24.2. The first-order valence-corrected chi connectivity index (χ1v) is 32.1. The van der Waals surface area contributed by atoms with Gasteiger partial charge >= 0.3 is 18.2 Å². The number of carboxylic acids is 1. The maximum atomic E-state index is 13.3. The lowest BCUT2D eigenvalue weighted by molar-refractivity contribution is -0.118. The minimum Gasteiger partial charge on any atom is -0.478 e. The van der Waals surface area contributed by atoms with Crippen molar-refractivity contribution < 1.29 is 52.8 Å². The number of carboxylic acid groups (broad SMARTS) is 1. The molecular formula is C61H63Cl5N20O11. The Bertz CT molecular complexity index is 4530. The minimum atomic E-state index is -1.18. The van der Waals surface area contributed by atoms with Gasteiger partial charge in [0.2, 0.25) is 0 Å². The number of amides is 2. The summed E-state index contributed by atoms with van der Waals surface area (Å²) in [5.74, 6) is -0.534. The van der Waals surface area contributed by atoms with Crippen molar-refractivity contribution in [2.24, 2.45) is 0 Å². The molecule has 31 nitrogen and oxygen atoms in total. The molecule has 97 heavy (non-hydrogen) atoms. The maximum absolute atomic E-state index is 13.3. The molecule has 0 bridgehead atoms. The molecule has 508 valence electrons. The van der Waals surface area contributed by atoms with Gasteiger partial charge < -0.3 is 34.1 Å². The summed E-state index contributed by atoms with van der Waals surface area (Å²) in [6.45, 7) is 14.1. The van der Waals surface area contributed by atoms with E-state index in [0.717, 1.165) is 11.3 Å². The van der Waals surface area contributed by atoms with Crippen LogP contribution in [-0.2, 0) is 59.0 Å². The van der Waals surface area contributed by atoms with E-state index in [0.29, 0.717) is 106 Å². The number of nitrogens with zero attached hydrogens (tertiary/aromatic N) is 19. The van der Waals surface area contributed by atoms with Gasteiger partial charge in [-0.1, -0.05) is 58.0 Å². The number of nitrogens with one attached hydrogen (secondary N) is 1. The van der Waals surface area contributed by atoms with Crippen molar-refractivity contribution in [3.63, 3.8) is 0 Å². The van der Waals surface area contributed by atoms with Crippen molar-refractivity contribution >= 4 is 105 Å². The largest absolute Gasteiger partial charge is 0.478 e. The van der Waals surface area contributed by atoms with Gasteiger partial charge in [0.1, 0.15) is 40.4 Å². The van der Waals surface area contributed by atoms with Gasteiger partial charge in [0.25, 0.3) is 0 Å². The van der Waals surface area contributed by atoms with E-state index in [1.165, 1.54) is 56.1 Å². The summed E-state index contributed by atoms with van der Waals surface area (Å²) >= 11 is 31.0. The third-order valence-corrected chi connectivity index (χ3v) is 15.9. The molecule has 3 aliphatic heterocycles. The molecule has 0 aliphatic carbocycles. The van der Waals surface area contributed by atoms with Crippen LogP contribution in [-0.4, -0.2) is 199 Å². The Morgan fingerprint density at radius 2 is 0.938 bits per heavy atom. The zero-order valence-electron chi connectivity index (χ0n) is 52.9. The molecule has 3 unspecified atom stereocenters. The fourth-order valence-corrected chi connectivity index (χ4v) is 11.9. The van der Waals surface area contributed by atoms with E-state index >= 15 is 0 Å². The number of hydrogen-bond donors (Lipinski definition) is 2. The number of fused-ring (bicyclic) bond motifs is 3. The Kier molecular flexibility index (Phi) is 21.3. The predicted molar refractivity (Wildman–Crippen MR) is 349 cm³/mol. The van der Waals surface area contributed by atoms with Crippen molar-refractivity contribution in [2.45, 2.75) is 96.6 Å². The van der Waals surface area contributed by atoms with Gasteiger partial charge in [-0.05, 0) is 64.8 Å². The Balaban J connectivity index is 0.000000151. The summed E-state index contributed by atoms with van der Waals surface area (Å²) < 4.78 is 32.6. The standard InChI is InChI=1S/C25H26Cl2N8O4.C20H18Cl2N8O2.C16H19ClN4O5/c1-25(2,3)39-24(37)33-6-7-38-14-19(33)22-16(13-28-21-11-20(27)32-34(21)22)10-17(36)8-15-9-18(26)23(29-12-15)35-30-4-5-31-35;21-15-6-12(9-25-20(15)30-26-1-2-27-30)5-14(31)7-13-10-24-18-8-17(22)28-29(18)19(13)16-11-32-4-3-23-16;1-16(2,3)26-15(24)20-4-5-25-8-10(20)13-9(14(22)23)7-18-12-6-11(17)19-21(12)13/h4-5,9,11-13,19H,6-8,10,14H2,1-3H3;1-2,6,8-10,16,23H,3-5,7,11H2;6-7,10H,4-5,8H2,1-3H3,(H,22,23). The number of ether oxygens (including phenoxy) is 5. The number of carbonyl (C=O) groups is 5. The summed E-state index contributed by atoms with van der Waals surface area (Å²) in [4.78, 5) is 90.9. The van der Waals surface area contributed by atoms with Crippen LogP contribution in [0.3, 0.4) is 0 Å². The van der Waals surface area contributed by atoms with Crippen LogP contribution in [0.15, 0.2) is 86.1 Å². The van der Waals surface area contributed by atoms with Crippen LogP contribution in [0.4, 0.5) is 9.59 Å². The molecule has 2 N–H and O–H groups in total. The molecule has 0 saturated carbocycles. The number of morpholine rings is 3. The minimum absolute atomic E-state index is 0.00906. The van der Waals surface area contributed by atoms with E-state index in [1.807, 2.05) is 20.8 Å². The molecule has 13 heterocycles. The molecule has 3 aliphatic rings. The van der Waals surface area contributed by atoms with E-state index in [1.54, 1.807) is 83.8 Å². The van der Waals surface area contributed by atoms with Crippen LogP contribution in [0.2, 0.25) is 25.5 Å². The summed E-state index contributed by atoms with van der Waals surface area (Å²) in [6, 6.07) is 6.78. The van der Waals surface area contributed by atoms with E-state index < -0.39 is 41.4 Å². The summed E-state index contributed by atoms with van der Waals surface area (Å²) in [6.07, 6.45) is 13.2. The molecule has 10 aromatic rings. The van der Waals surface area contributed by atoms with Crippen LogP contribution in [0, 0.1) is 0 Å². The number of ketones is 2. The molecule has 13 rings (SSSR count). The Morgan fingerprint density at radius 3 is 1.36 bits per heavy atom. The van der Waals surface area contributed by atoms with Crippen molar-refractivity contribution in [1.82, 2.24) is 98.9 Å². The highest BCUT2D eigenvalue weighted by atomic mass is 35.5.